The molecule has 16 heavy (non-hydrogen) atoms. The highest BCUT2D eigenvalue weighted by Crippen LogP contribution is 2.31. The Morgan fingerprint density at radius 2 is 2.25 bits per heavy atom. The second-order valence-electron chi connectivity index (χ2n) is 5.82. The Hall–Kier alpha value is -0.570. The molecule has 0 spiro atoms. The first-order valence-corrected chi connectivity index (χ1v) is 6.63. The van der Waals surface area contributed by atoms with E-state index in [-0.39, 0.29) is 17.4 Å². The molecular formula is C13H24N2O. The first kappa shape index (κ1) is 11.9. The first-order chi connectivity index (χ1) is 7.61. The summed E-state index contributed by atoms with van der Waals surface area (Å²) in [6.45, 7) is 6.28. The van der Waals surface area contributed by atoms with Crippen LogP contribution in [0.4, 0.5) is 0 Å². The Morgan fingerprint density at radius 1 is 1.44 bits per heavy atom. The molecule has 92 valence electrons. The van der Waals surface area contributed by atoms with E-state index in [1.54, 1.807) is 0 Å². The quantitative estimate of drug-likeness (QED) is 0.766. The number of amides is 1. The predicted octanol–water partition coefficient (Wildman–Crippen LogP) is 1.68. The smallest absolute Gasteiger partial charge is 0.223 e. The van der Waals surface area contributed by atoms with Crippen LogP contribution >= 0.6 is 0 Å². The van der Waals surface area contributed by atoms with Gasteiger partial charge in [0, 0.05) is 18.0 Å². The highest BCUT2D eigenvalue weighted by Gasteiger charge is 2.32. The van der Waals surface area contributed by atoms with Gasteiger partial charge in [-0.25, -0.2) is 0 Å². The van der Waals surface area contributed by atoms with Gasteiger partial charge in [-0.2, -0.15) is 0 Å². The van der Waals surface area contributed by atoms with Gasteiger partial charge in [-0.3, -0.25) is 4.79 Å². The summed E-state index contributed by atoms with van der Waals surface area (Å²) in [4.78, 5) is 12.0. The molecule has 3 heteroatoms. The minimum atomic E-state index is 0.136. The maximum absolute atomic E-state index is 12.0. The molecule has 1 heterocycles. The fourth-order valence-corrected chi connectivity index (χ4v) is 3.06. The zero-order chi connectivity index (χ0) is 11.6. The van der Waals surface area contributed by atoms with Crippen LogP contribution in [-0.2, 0) is 4.79 Å². The Labute approximate surface area is 98.4 Å². The fourth-order valence-electron chi connectivity index (χ4n) is 3.06. The molecular weight excluding hydrogens is 200 g/mol. The number of rotatable bonds is 3. The average molecular weight is 224 g/mol. The minimum Gasteiger partial charge on any atom is -0.354 e. The molecule has 3 atom stereocenters. The van der Waals surface area contributed by atoms with Crippen molar-refractivity contribution in [2.24, 2.45) is 11.8 Å². The molecule has 0 aromatic carbocycles. The van der Waals surface area contributed by atoms with E-state index in [0.717, 1.165) is 19.5 Å². The van der Waals surface area contributed by atoms with Gasteiger partial charge in [-0.1, -0.05) is 13.3 Å². The Kier molecular flexibility index (Phi) is 3.53. The van der Waals surface area contributed by atoms with Gasteiger partial charge in [-0.15, -0.1) is 0 Å². The number of carbonyl (C=O) groups excluding carboxylic acids is 1. The van der Waals surface area contributed by atoms with Crippen LogP contribution in [0.5, 0.6) is 0 Å². The molecule has 1 saturated heterocycles. The lowest BCUT2D eigenvalue weighted by Gasteiger charge is -2.26. The highest BCUT2D eigenvalue weighted by molar-refractivity contribution is 5.79. The van der Waals surface area contributed by atoms with Gasteiger partial charge in [0.05, 0.1) is 0 Å². The van der Waals surface area contributed by atoms with E-state index in [1.165, 1.54) is 25.7 Å². The third kappa shape index (κ3) is 2.57. The maximum atomic E-state index is 12.0. The van der Waals surface area contributed by atoms with Crippen molar-refractivity contribution >= 4 is 5.91 Å². The van der Waals surface area contributed by atoms with Gasteiger partial charge >= 0.3 is 0 Å². The number of hydrogen-bond acceptors (Lipinski definition) is 2. The van der Waals surface area contributed by atoms with Crippen molar-refractivity contribution < 1.29 is 4.79 Å². The van der Waals surface area contributed by atoms with Gasteiger partial charge in [0.25, 0.3) is 0 Å². The van der Waals surface area contributed by atoms with Crippen LogP contribution < -0.4 is 10.6 Å². The van der Waals surface area contributed by atoms with Crippen LogP contribution in [0.15, 0.2) is 0 Å². The van der Waals surface area contributed by atoms with Crippen LogP contribution in [0.25, 0.3) is 0 Å². The SMILES string of the molecule is CC1CCCC1C(=O)NCC1(C)CCCN1. The lowest BCUT2D eigenvalue weighted by molar-refractivity contribution is -0.126. The predicted molar refractivity (Wildman–Crippen MR) is 65.2 cm³/mol. The second kappa shape index (κ2) is 4.74. The second-order valence-corrected chi connectivity index (χ2v) is 5.82. The highest BCUT2D eigenvalue weighted by atomic mass is 16.1. The lowest BCUT2D eigenvalue weighted by Crippen LogP contribution is -2.48. The standard InChI is InChI=1S/C13H24N2O/c1-10-5-3-6-11(10)12(16)14-9-13(2)7-4-8-15-13/h10-11,15H,3-9H2,1-2H3,(H,14,16). The van der Waals surface area contributed by atoms with Crippen LogP contribution in [0.1, 0.15) is 46.0 Å². The zero-order valence-corrected chi connectivity index (χ0v) is 10.5. The molecule has 2 N–H and O–H groups in total. The molecule has 1 amide bonds. The summed E-state index contributed by atoms with van der Waals surface area (Å²) >= 11 is 0. The fraction of sp³-hybridized carbons (Fsp3) is 0.923. The summed E-state index contributed by atoms with van der Waals surface area (Å²) < 4.78 is 0. The van der Waals surface area contributed by atoms with Gasteiger partial charge in [0.15, 0.2) is 0 Å². The van der Waals surface area contributed by atoms with Crippen molar-refractivity contribution in [3.63, 3.8) is 0 Å². The van der Waals surface area contributed by atoms with E-state index < -0.39 is 0 Å². The summed E-state index contributed by atoms with van der Waals surface area (Å²) in [6.07, 6.45) is 5.92. The molecule has 3 nitrogen and oxygen atoms in total. The first-order valence-electron chi connectivity index (χ1n) is 6.63. The number of hydrogen-bond donors (Lipinski definition) is 2. The number of nitrogens with one attached hydrogen (secondary N) is 2. The largest absolute Gasteiger partial charge is 0.354 e. The van der Waals surface area contributed by atoms with Gasteiger partial charge in [-0.05, 0) is 45.1 Å². The molecule has 0 radical (unpaired) electrons. The molecule has 0 aromatic heterocycles. The van der Waals surface area contributed by atoms with E-state index >= 15 is 0 Å². The monoisotopic (exact) mass is 224 g/mol. The van der Waals surface area contributed by atoms with E-state index in [2.05, 4.69) is 24.5 Å². The van der Waals surface area contributed by atoms with E-state index in [4.69, 9.17) is 0 Å². The Bertz CT molecular complexity index is 259. The number of carbonyl (C=O) groups is 1. The van der Waals surface area contributed by atoms with Crippen molar-refractivity contribution in [3.8, 4) is 0 Å². The third-order valence-corrected chi connectivity index (χ3v) is 4.31. The van der Waals surface area contributed by atoms with Crippen LogP contribution in [-0.4, -0.2) is 24.5 Å². The molecule has 1 aliphatic carbocycles. The molecule has 2 fully saturated rings. The summed E-state index contributed by atoms with van der Waals surface area (Å²) in [5, 5.41) is 6.61. The minimum absolute atomic E-state index is 0.136. The van der Waals surface area contributed by atoms with Crippen molar-refractivity contribution in [3.05, 3.63) is 0 Å². The molecule has 0 aromatic rings. The Balaban J connectivity index is 1.79. The van der Waals surface area contributed by atoms with Gasteiger partial charge in [0.2, 0.25) is 5.91 Å². The topological polar surface area (TPSA) is 41.1 Å². The van der Waals surface area contributed by atoms with E-state index in [1.807, 2.05) is 0 Å². The maximum Gasteiger partial charge on any atom is 0.223 e. The van der Waals surface area contributed by atoms with E-state index in [0.29, 0.717) is 5.92 Å². The summed E-state index contributed by atoms with van der Waals surface area (Å²) in [5.74, 6) is 1.12. The van der Waals surface area contributed by atoms with Gasteiger partial charge < -0.3 is 10.6 Å². The molecule has 0 bridgehead atoms. The van der Waals surface area contributed by atoms with Crippen LogP contribution in [0.2, 0.25) is 0 Å². The summed E-state index contributed by atoms with van der Waals surface area (Å²) in [5.41, 5.74) is 0.136. The molecule has 2 rings (SSSR count). The van der Waals surface area contributed by atoms with Crippen molar-refractivity contribution in [1.82, 2.24) is 10.6 Å². The zero-order valence-electron chi connectivity index (χ0n) is 10.5. The Morgan fingerprint density at radius 3 is 2.81 bits per heavy atom. The molecule has 3 unspecified atom stereocenters. The van der Waals surface area contributed by atoms with Crippen LogP contribution in [0.3, 0.4) is 0 Å². The lowest BCUT2D eigenvalue weighted by atomic mass is 9.96. The van der Waals surface area contributed by atoms with Gasteiger partial charge in [0.1, 0.15) is 0 Å². The van der Waals surface area contributed by atoms with Crippen molar-refractivity contribution in [2.75, 3.05) is 13.1 Å². The molecule has 2 aliphatic rings. The van der Waals surface area contributed by atoms with Crippen molar-refractivity contribution in [1.29, 1.82) is 0 Å². The summed E-state index contributed by atoms with van der Waals surface area (Å²) in [6, 6.07) is 0. The molecule has 1 saturated carbocycles. The van der Waals surface area contributed by atoms with Crippen molar-refractivity contribution in [2.45, 2.75) is 51.5 Å². The normalized spacial score (nSPS) is 38.9. The summed E-state index contributed by atoms with van der Waals surface area (Å²) in [7, 11) is 0. The molecule has 1 aliphatic heterocycles. The average Bonchev–Trinajstić information content (AvgIpc) is 2.85. The van der Waals surface area contributed by atoms with Crippen LogP contribution in [0, 0.1) is 11.8 Å². The third-order valence-electron chi connectivity index (χ3n) is 4.31. The van der Waals surface area contributed by atoms with E-state index in [9.17, 15) is 4.79 Å².